The van der Waals surface area contributed by atoms with Gasteiger partial charge in [-0.05, 0) is 66.3 Å². The molecule has 5 nitrogen and oxygen atoms in total. The van der Waals surface area contributed by atoms with E-state index in [1.165, 1.54) is 17.8 Å². The monoisotopic (exact) mass is 395 g/mol. The first-order chi connectivity index (χ1) is 13.3. The third-order valence-corrected chi connectivity index (χ3v) is 7.82. The van der Waals surface area contributed by atoms with Crippen molar-refractivity contribution in [1.29, 1.82) is 0 Å². The number of nitrogens with zero attached hydrogens (tertiary/aromatic N) is 1. The number of hydrogen-bond acceptors (Lipinski definition) is 4. The molecule has 0 spiro atoms. The highest BCUT2D eigenvalue weighted by Gasteiger charge is 2.60. The summed E-state index contributed by atoms with van der Waals surface area (Å²) in [7, 11) is 0. The van der Waals surface area contributed by atoms with E-state index >= 15 is 0 Å². The van der Waals surface area contributed by atoms with Crippen molar-refractivity contribution in [2.75, 3.05) is 5.32 Å². The van der Waals surface area contributed by atoms with E-state index in [9.17, 15) is 9.59 Å². The van der Waals surface area contributed by atoms with Crippen molar-refractivity contribution in [3.63, 3.8) is 0 Å². The Hall–Kier alpha value is -2.47. The fourth-order valence-electron chi connectivity index (χ4n) is 4.59. The number of thiophene rings is 1. The van der Waals surface area contributed by atoms with E-state index in [4.69, 9.17) is 0 Å². The van der Waals surface area contributed by atoms with Gasteiger partial charge in [0.2, 0.25) is 0 Å². The molecule has 28 heavy (non-hydrogen) atoms. The molecule has 1 heterocycles. The molecule has 2 aromatic rings. The zero-order valence-corrected chi connectivity index (χ0v) is 17.2. The van der Waals surface area contributed by atoms with Crippen LogP contribution in [-0.4, -0.2) is 17.5 Å². The average Bonchev–Trinajstić information content (AvgIpc) is 3.33. The van der Waals surface area contributed by atoms with Crippen LogP contribution in [0.4, 0.5) is 5.69 Å². The van der Waals surface area contributed by atoms with Crippen LogP contribution in [0, 0.1) is 16.7 Å². The van der Waals surface area contributed by atoms with Crippen LogP contribution in [0.1, 0.15) is 60.1 Å². The lowest BCUT2D eigenvalue weighted by atomic mass is 9.70. The van der Waals surface area contributed by atoms with Crippen molar-refractivity contribution < 1.29 is 9.59 Å². The summed E-state index contributed by atoms with van der Waals surface area (Å²) in [5, 5.41) is 9.20. The Morgan fingerprint density at radius 1 is 1.11 bits per heavy atom. The normalized spacial score (nSPS) is 26.4. The van der Waals surface area contributed by atoms with Gasteiger partial charge in [0.1, 0.15) is 0 Å². The molecule has 4 rings (SSSR count). The Morgan fingerprint density at radius 3 is 2.43 bits per heavy atom. The number of rotatable bonds is 4. The molecule has 1 aromatic carbocycles. The number of anilines is 1. The molecule has 146 valence electrons. The Balaban J connectivity index is 1.40. The maximum atomic E-state index is 12.5. The van der Waals surface area contributed by atoms with Crippen molar-refractivity contribution in [3.05, 3.63) is 52.2 Å². The Morgan fingerprint density at radius 2 is 1.86 bits per heavy atom. The highest BCUT2D eigenvalue weighted by atomic mass is 32.1. The van der Waals surface area contributed by atoms with Crippen LogP contribution in [0.5, 0.6) is 0 Å². The van der Waals surface area contributed by atoms with Crippen LogP contribution in [0.3, 0.4) is 0 Å². The predicted molar refractivity (Wildman–Crippen MR) is 113 cm³/mol. The Kier molecular flexibility index (Phi) is 4.62. The Bertz CT molecular complexity index is 931. The first kappa shape index (κ1) is 18.9. The molecule has 6 heteroatoms. The van der Waals surface area contributed by atoms with E-state index in [2.05, 4.69) is 36.6 Å². The lowest BCUT2D eigenvalue weighted by molar-refractivity contribution is 0.0953. The van der Waals surface area contributed by atoms with Crippen molar-refractivity contribution in [1.82, 2.24) is 5.43 Å². The molecule has 2 aliphatic rings. The van der Waals surface area contributed by atoms with Gasteiger partial charge < -0.3 is 5.32 Å². The number of amides is 2. The van der Waals surface area contributed by atoms with Gasteiger partial charge in [-0.1, -0.05) is 26.8 Å². The fraction of sp³-hybridized carbons (Fsp3) is 0.409. The summed E-state index contributed by atoms with van der Waals surface area (Å²) in [5.74, 6) is 0.276. The summed E-state index contributed by atoms with van der Waals surface area (Å²) < 4.78 is 0. The molecule has 0 unspecified atom stereocenters. The number of hydrazone groups is 1. The molecule has 2 bridgehead atoms. The molecule has 2 N–H and O–H groups in total. The minimum absolute atomic E-state index is 0.0703. The van der Waals surface area contributed by atoms with Gasteiger partial charge in [-0.3, -0.25) is 9.59 Å². The minimum atomic E-state index is -0.229. The molecule has 2 amide bonds. The summed E-state index contributed by atoms with van der Waals surface area (Å²) in [6.45, 7) is 6.91. The van der Waals surface area contributed by atoms with Gasteiger partial charge in [-0.25, -0.2) is 5.43 Å². The van der Waals surface area contributed by atoms with Gasteiger partial charge in [-0.15, -0.1) is 11.3 Å². The van der Waals surface area contributed by atoms with Crippen LogP contribution in [0.25, 0.3) is 0 Å². The summed E-state index contributed by atoms with van der Waals surface area (Å²) >= 11 is 1.39. The van der Waals surface area contributed by atoms with Crippen molar-refractivity contribution in [2.24, 2.45) is 21.8 Å². The highest BCUT2D eigenvalue weighted by molar-refractivity contribution is 7.12. The van der Waals surface area contributed by atoms with Crippen molar-refractivity contribution in [3.8, 4) is 0 Å². The number of fused-ring (bicyclic) bond motifs is 2. The van der Waals surface area contributed by atoms with Gasteiger partial charge in [-0.2, -0.15) is 5.10 Å². The van der Waals surface area contributed by atoms with Crippen LogP contribution in [0.15, 0.2) is 46.9 Å². The average molecular weight is 396 g/mol. The summed E-state index contributed by atoms with van der Waals surface area (Å²) in [6, 6.07) is 10.5. The molecule has 2 atom stereocenters. The van der Waals surface area contributed by atoms with Gasteiger partial charge in [0.15, 0.2) is 0 Å². The summed E-state index contributed by atoms with van der Waals surface area (Å²) in [5.41, 5.74) is 5.33. The topological polar surface area (TPSA) is 70.6 Å². The first-order valence-corrected chi connectivity index (χ1v) is 10.5. The van der Waals surface area contributed by atoms with Crippen LogP contribution >= 0.6 is 11.3 Å². The van der Waals surface area contributed by atoms with E-state index in [0.717, 1.165) is 18.6 Å². The minimum Gasteiger partial charge on any atom is -0.321 e. The van der Waals surface area contributed by atoms with Gasteiger partial charge in [0, 0.05) is 22.4 Å². The number of carbonyl (C=O) groups is 2. The number of nitrogens with one attached hydrogen (secondary N) is 2. The largest absolute Gasteiger partial charge is 0.321 e. The van der Waals surface area contributed by atoms with Crippen LogP contribution in [-0.2, 0) is 0 Å². The molecule has 2 saturated carbocycles. The van der Waals surface area contributed by atoms with E-state index in [1.54, 1.807) is 30.3 Å². The Labute approximate surface area is 169 Å². The van der Waals surface area contributed by atoms with Crippen LogP contribution < -0.4 is 10.7 Å². The van der Waals surface area contributed by atoms with Crippen LogP contribution in [0.2, 0.25) is 0 Å². The molecular formula is C22H25N3O2S. The SMILES string of the molecule is CC1(C)[C@H]2CC[C@]1(C)/C(=N/NC(=O)c1ccc(NC(=O)c3cccs3)cc1)C2. The quantitative estimate of drug-likeness (QED) is 0.721. The first-order valence-electron chi connectivity index (χ1n) is 9.63. The van der Waals surface area contributed by atoms with E-state index in [0.29, 0.717) is 22.0 Å². The maximum absolute atomic E-state index is 12.5. The molecule has 2 fully saturated rings. The van der Waals surface area contributed by atoms with E-state index < -0.39 is 0 Å². The van der Waals surface area contributed by atoms with Gasteiger partial charge >= 0.3 is 0 Å². The molecule has 0 saturated heterocycles. The number of carbonyl (C=O) groups excluding carboxylic acids is 2. The summed E-state index contributed by atoms with van der Waals surface area (Å²) in [4.78, 5) is 25.2. The third kappa shape index (κ3) is 3.05. The smallest absolute Gasteiger partial charge is 0.271 e. The second-order valence-electron chi connectivity index (χ2n) is 8.50. The summed E-state index contributed by atoms with van der Waals surface area (Å²) in [6.07, 6.45) is 3.35. The second-order valence-corrected chi connectivity index (χ2v) is 9.45. The maximum Gasteiger partial charge on any atom is 0.271 e. The fourth-order valence-corrected chi connectivity index (χ4v) is 5.20. The van der Waals surface area contributed by atoms with Crippen molar-refractivity contribution >= 4 is 34.6 Å². The van der Waals surface area contributed by atoms with E-state index in [-0.39, 0.29) is 22.6 Å². The molecule has 0 aliphatic heterocycles. The molecule has 2 aliphatic carbocycles. The van der Waals surface area contributed by atoms with Gasteiger partial charge in [0.05, 0.1) is 4.88 Å². The van der Waals surface area contributed by atoms with E-state index in [1.807, 2.05) is 11.4 Å². The lowest BCUT2D eigenvalue weighted by Gasteiger charge is -2.34. The molecule has 1 aromatic heterocycles. The molecular weight excluding hydrogens is 370 g/mol. The lowest BCUT2D eigenvalue weighted by Crippen LogP contribution is -2.34. The highest BCUT2D eigenvalue weighted by Crippen LogP contribution is 2.63. The van der Waals surface area contributed by atoms with Gasteiger partial charge in [0.25, 0.3) is 11.8 Å². The molecule has 0 radical (unpaired) electrons. The number of benzene rings is 1. The van der Waals surface area contributed by atoms with Crippen molar-refractivity contribution in [2.45, 2.75) is 40.0 Å². The zero-order chi connectivity index (χ0) is 19.9. The standard InChI is InChI=1S/C22H25N3O2S/c1-21(2)15-10-11-22(21,3)18(13-15)24-25-19(26)14-6-8-16(9-7-14)23-20(27)17-5-4-12-28-17/h4-9,12,15H,10-11,13H2,1-3H3,(H,23,27)(H,25,26)/b24-18+/t15-,22+/m0/s1. The number of hydrogen-bond donors (Lipinski definition) is 2. The predicted octanol–water partition coefficient (Wildman–Crippen LogP) is 4.93. The third-order valence-electron chi connectivity index (χ3n) is 6.95. The zero-order valence-electron chi connectivity index (χ0n) is 16.4. The second kappa shape index (κ2) is 6.85.